The fourth-order valence-corrected chi connectivity index (χ4v) is 4.40. The second kappa shape index (κ2) is 12.1. The number of amides is 2. The van der Waals surface area contributed by atoms with Crippen LogP contribution in [0.1, 0.15) is 50.2 Å². The normalized spacial score (nSPS) is 14.5. The van der Waals surface area contributed by atoms with Gasteiger partial charge in [-0.25, -0.2) is 0 Å². The zero-order valence-electron chi connectivity index (χ0n) is 19.6. The van der Waals surface area contributed by atoms with Gasteiger partial charge in [-0.2, -0.15) is 0 Å². The van der Waals surface area contributed by atoms with Crippen LogP contribution in [0.25, 0.3) is 0 Å². The van der Waals surface area contributed by atoms with Crippen molar-refractivity contribution < 1.29 is 19.1 Å². The molecule has 0 heterocycles. The lowest BCUT2D eigenvalue weighted by atomic mass is 10.1. The van der Waals surface area contributed by atoms with Crippen molar-refractivity contribution in [1.82, 2.24) is 10.2 Å². The smallest absolute Gasteiger partial charge is 0.261 e. The van der Waals surface area contributed by atoms with Crippen LogP contribution in [0.5, 0.6) is 11.5 Å². The number of nitrogens with one attached hydrogen (secondary N) is 1. The van der Waals surface area contributed by atoms with Crippen molar-refractivity contribution in [2.45, 2.75) is 64.6 Å². The second-order valence-electron chi connectivity index (χ2n) is 8.48. The third-order valence-corrected chi connectivity index (χ3v) is 6.98. The van der Waals surface area contributed by atoms with Crippen LogP contribution in [0, 0.1) is 6.92 Å². The fourth-order valence-electron chi connectivity index (χ4n) is 4.15. The van der Waals surface area contributed by atoms with Crippen LogP contribution in [-0.2, 0) is 16.1 Å². The van der Waals surface area contributed by atoms with Gasteiger partial charge in [0.2, 0.25) is 5.91 Å². The van der Waals surface area contributed by atoms with E-state index in [-0.39, 0.29) is 24.5 Å². The second-order valence-corrected chi connectivity index (χ2v) is 9.34. The Hall–Kier alpha value is -2.54. The Morgan fingerprint density at radius 1 is 1.12 bits per heavy atom. The van der Waals surface area contributed by atoms with Gasteiger partial charge >= 0.3 is 0 Å². The van der Waals surface area contributed by atoms with E-state index >= 15 is 0 Å². The SMILES string of the molecule is CC[C@H](C(=O)NC1CCCC1)N(Cc1ccc(OC)cc1)C(=O)COc1ccc(Br)c(C)c1. The predicted octanol–water partition coefficient (Wildman–Crippen LogP) is 5.01. The van der Waals surface area contributed by atoms with E-state index in [1.165, 1.54) is 0 Å². The molecule has 3 rings (SSSR count). The molecule has 2 aromatic carbocycles. The van der Waals surface area contributed by atoms with Crippen LogP contribution in [0.3, 0.4) is 0 Å². The number of hydrogen-bond acceptors (Lipinski definition) is 4. The largest absolute Gasteiger partial charge is 0.497 e. The Morgan fingerprint density at radius 3 is 2.39 bits per heavy atom. The van der Waals surface area contributed by atoms with Crippen molar-refractivity contribution in [3.63, 3.8) is 0 Å². The van der Waals surface area contributed by atoms with Crippen molar-refractivity contribution in [3.8, 4) is 11.5 Å². The zero-order chi connectivity index (χ0) is 23.8. The number of nitrogens with zero attached hydrogens (tertiary/aromatic N) is 1. The highest BCUT2D eigenvalue weighted by Gasteiger charge is 2.30. The topological polar surface area (TPSA) is 67.9 Å². The van der Waals surface area contributed by atoms with Crippen LogP contribution < -0.4 is 14.8 Å². The Bertz CT molecular complexity index is 942. The molecule has 33 heavy (non-hydrogen) atoms. The molecule has 1 aliphatic carbocycles. The average Bonchev–Trinajstić information content (AvgIpc) is 3.33. The van der Waals surface area contributed by atoms with Crippen LogP contribution in [0.15, 0.2) is 46.9 Å². The molecule has 0 spiro atoms. The summed E-state index contributed by atoms with van der Waals surface area (Å²) in [6.07, 6.45) is 4.80. The Balaban J connectivity index is 1.76. The first-order valence-corrected chi connectivity index (χ1v) is 12.3. The molecule has 1 fully saturated rings. The molecule has 178 valence electrons. The first kappa shape index (κ1) is 25.1. The Labute approximate surface area is 204 Å². The van der Waals surface area contributed by atoms with Gasteiger partial charge in [0.05, 0.1) is 7.11 Å². The molecule has 6 nitrogen and oxygen atoms in total. The van der Waals surface area contributed by atoms with Gasteiger partial charge in [0, 0.05) is 17.1 Å². The summed E-state index contributed by atoms with van der Waals surface area (Å²) < 4.78 is 12.0. The van der Waals surface area contributed by atoms with Crippen molar-refractivity contribution in [1.29, 1.82) is 0 Å². The summed E-state index contributed by atoms with van der Waals surface area (Å²) in [4.78, 5) is 28.1. The lowest BCUT2D eigenvalue weighted by Crippen LogP contribution is -2.52. The molecule has 0 saturated heterocycles. The maximum Gasteiger partial charge on any atom is 0.261 e. The molecule has 1 N–H and O–H groups in total. The summed E-state index contributed by atoms with van der Waals surface area (Å²) in [6.45, 7) is 4.09. The Morgan fingerprint density at radius 2 is 1.79 bits per heavy atom. The van der Waals surface area contributed by atoms with E-state index in [4.69, 9.17) is 9.47 Å². The van der Waals surface area contributed by atoms with E-state index in [2.05, 4.69) is 21.2 Å². The summed E-state index contributed by atoms with van der Waals surface area (Å²) in [7, 11) is 1.62. The molecule has 0 bridgehead atoms. The van der Waals surface area contributed by atoms with Gasteiger partial charge in [-0.3, -0.25) is 9.59 Å². The number of ether oxygens (including phenoxy) is 2. The average molecular weight is 517 g/mol. The van der Waals surface area contributed by atoms with Crippen LogP contribution in [0.4, 0.5) is 0 Å². The molecular weight excluding hydrogens is 484 g/mol. The minimum Gasteiger partial charge on any atom is -0.497 e. The van der Waals surface area contributed by atoms with Gasteiger partial charge in [-0.05, 0) is 67.6 Å². The lowest BCUT2D eigenvalue weighted by molar-refractivity contribution is -0.143. The number of halogens is 1. The fraction of sp³-hybridized carbons (Fsp3) is 0.462. The lowest BCUT2D eigenvalue weighted by Gasteiger charge is -2.31. The van der Waals surface area contributed by atoms with Gasteiger partial charge in [0.1, 0.15) is 17.5 Å². The minimum atomic E-state index is -0.560. The first-order chi connectivity index (χ1) is 15.9. The minimum absolute atomic E-state index is 0.0919. The molecule has 7 heteroatoms. The number of hydrogen-bond donors (Lipinski definition) is 1. The van der Waals surface area contributed by atoms with E-state index in [0.29, 0.717) is 18.7 Å². The first-order valence-electron chi connectivity index (χ1n) is 11.5. The number of benzene rings is 2. The summed E-state index contributed by atoms with van der Waals surface area (Å²) in [5, 5.41) is 3.16. The Kier molecular flexibility index (Phi) is 9.18. The van der Waals surface area contributed by atoms with Gasteiger partial charge < -0.3 is 19.7 Å². The highest BCUT2D eigenvalue weighted by atomic mass is 79.9. The van der Waals surface area contributed by atoms with Crippen LogP contribution in [0.2, 0.25) is 0 Å². The van der Waals surface area contributed by atoms with Gasteiger partial charge in [0.25, 0.3) is 5.91 Å². The summed E-state index contributed by atoms with van der Waals surface area (Å²) in [5.74, 6) is 1.05. The van der Waals surface area contributed by atoms with Crippen molar-refractivity contribution in [2.24, 2.45) is 0 Å². The van der Waals surface area contributed by atoms with Gasteiger partial charge in [-0.1, -0.05) is 47.8 Å². The third-order valence-electron chi connectivity index (χ3n) is 6.09. The van der Waals surface area contributed by atoms with E-state index < -0.39 is 6.04 Å². The van der Waals surface area contributed by atoms with Crippen LogP contribution >= 0.6 is 15.9 Å². The molecular formula is C26H33BrN2O4. The van der Waals surface area contributed by atoms with E-state index in [1.807, 2.05) is 56.3 Å². The standard InChI is InChI=1S/C26H33BrN2O4/c1-4-24(26(31)28-20-7-5-6-8-20)29(16-19-9-11-21(32-3)12-10-19)25(30)17-33-22-13-14-23(27)18(2)15-22/h9-15,20,24H,4-8,16-17H2,1-3H3,(H,28,31)/t24-/m1/s1. The third kappa shape index (κ3) is 6.97. The molecule has 2 amide bonds. The summed E-state index contributed by atoms with van der Waals surface area (Å²) >= 11 is 3.48. The number of methoxy groups -OCH3 is 1. The van der Waals surface area contributed by atoms with Gasteiger partial charge in [0.15, 0.2) is 6.61 Å². The van der Waals surface area contributed by atoms with Crippen molar-refractivity contribution in [2.75, 3.05) is 13.7 Å². The molecule has 0 aliphatic heterocycles. The molecule has 0 unspecified atom stereocenters. The molecule has 2 aromatic rings. The van der Waals surface area contributed by atoms with E-state index in [9.17, 15) is 9.59 Å². The summed E-state index contributed by atoms with van der Waals surface area (Å²) in [5.41, 5.74) is 1.95. The van der Waals surface area contributed by atoms with Crippen molar-refractivity contribution in [3.05, 3.63) is 58.1 Å². The molecule has 0 radical (unpaired) electrons. The van der Waals surface area contributed by atoms with Crippen molar-refractivity contribution >= 4 is 27.7 Å². The summed E-state index contributed by atoms with van der Waals surface area (Å²) in [6, 6.07) is 12.8. The number of carbonyl (C=O) groups is 2. The molecule has 0 aromatic heterocycles. The predicted molar refractivity (Wildman–Crippen MR) is 132 cm³/mol. The van der Waals surface area contributed by atoms with E-state index in [0.717, 1.165) is 47.0 Å². The zero-order valence-corrected chi connectivity index (χ0v) is 21.2. The van der Waals surface area contributed by atoms with Gasteiger partial charge in [-0.15, -0.1) is 0 Å². The maximum atomic E-state index is 13.3. The molecule has 1 saturated carbocycles. The van der Waals surface area contributed by atoms with E-state index in [1.54, 1.807) is 12.0 Å². The van der Waals surface area contributed by atoms with Crippen LogP contribution in [-0.4, -0.2) is 42.5 Å². The highest BCUT2D eigenvalue weighted by Crippen LogP contribution is 2.23. The molecule has 1 aliphatic rings. The number of carbonyl (C=O) groups excluding carboxylic acids is 2. The highest BCUT2D eigenvalue weighted by molar-refractivity contribution is 9.10. The number of rotatable bonds is 10. The molecule has 1 atom stereocenters. The monoisotopic (exact) mass is 516 g/mol. The maximum absolute atomic E-state index is 13.3. The number of aryl methyl sites for hydroxylation is 1. The quantitative estimate of drug-likeness (QED) is 0.481.